The number of hydrogen-bond donors (Lipinski definition) is 0. The number of fused-ring (bicyclic) bond motifs is 1. The van der Waals surface area contributed by atoms with E-state index in [0.717, 1.165) is 40.9 Å². The van der Waals surface area contributed by atoms with Crippen molar-refractivity contribution in [2.75, 3.05) is 13.7 Å². The van der Waals surface area contributed by atoms with Gasteiger partial charge in [0.1, 0.15) is 11.5 Å². The molecule has 0 radical (unpaired) electrons. The first-order chi connectivity index (χ1) is 16.8. The summed E-state index contributed by atoms with van der Waals surface area (Å²) in [6.07, 6.45) is 5.30. The average molecular weight is 448 g/mol. The van der Waals surface area contributed by atoms with Crippen molar-refractivity contribution in [1.29, 1.82) is 0 Å². The highest BCUT2D eigenvalue weighted by Crippen LogP contribution is 2.45. The number of Topliss-reactive ketones (excluding diaryl/α,β-unsaturated/α-hetero) is 1. The number of allylic oxidation sites excluding steroid dienone is 1. The first-order valence-corrected chi connectivity index (χ1v) is 11.4. The lowest BCUT2D eigenvalue weighted by molar-refractivity contribution is 0.105. The molecule has 0 atom stereocenters. The average Bonchev–Trinajstić information content (AvgIpc) is 3.19. The van der Waals surface area contributed by atoms with Gasteiger partial charge in [0.15, 0.2) is 5.78 Å². The Labute approximate surface area is 199 Å². The molecule has 0 fully saturated rings. The smallest absolute Gasteiger partial charge is 0.195 e. The lowest BCUT2D eigenvalue weighted by Crippen LogP contribution is -2.02. The summed E-state index contributed by atoms with van der Waals surface area (Å²) in [7, 11) is 1.65. The molecule has 4 nitrogen and oxygen atoms in total. The van der Waals surface area contributed by atoms with Gasteiger partial charge in [0.2, 0.25) is 0 Å². The Morgan fingerprint density at radius 1 is 0.794 bits per heavy atom. The number of carbonyl (C=O) groups is 1. The zero-order valence-electron chi connectivity index (χ0n) is 19.0. The van der Waals surface area contributed by atoms with E-state index < -0.39 is 0 Å². The molecule has 0 unspecified atom stereocenters. The summed E-state index contributed by atoms with van der Waals surface area (Å²) in [5.74, 6) is 1.39. The van der Waals surface area contributed by atoms with E-state index in [-0.39, 0.29) is 5.78 Å². The van der Waals surface area contributed by atoms with Crippen molar-refractivity contribution >= 4 is 16.9 Å². The van der Waals surface area contributed by atoms with E-state index in [4.69, 9.17) is 9.47 Å². The molecular formula is C30H25NO3. The summed E-state index contributed by atoms with van der Waals surface area (Å²) in [5, 5.41) is 0. The minimum atomic E-state index is -0.0290. The fraction of sp³-hybridized carbons (Fsp3) is 0.133. The van der Waals surface area contributed by atoms with Gasteiger partial charge in [-0.15, -0.1) is 0 Å². The van der Waals surface area contributed by atoms with Gasteiger partial charge in [0.25, 0.3) is 0 Å². The highest BCUT2D eigenvalue weighted by atomic mass is 16.5. The molecule has 3 aromatic carbocycles. The van der Waals surface area contributed by atoms with Gasteiger partial charge in [-0.25, -0.2) is 0 Å². The fourth-order valence-corrected chi connectivity index (χ4v) is 4.43. The van der Waals surface area contributed by atoms with Crippen LogP contribution < -0.4 is 9.47 Å². The molecule has 1 aliphatic rings. The third kappa shape index (κ3) is 4.23. The molecule has 5 rings (SSSR count). The summed E-state index contributed by atoms with van der Waals surface area (Å²) >= 11 is 0. The Kier molecular flexibility index (Phi) is 6.21. The van der Waals surface area contributed by atoms with E-state index in [0.29, 0.717) is 23.5 Å². The Balaban J connectivity index is 1.46. The molecule has 0 saturated carbocycles. The highest BCUT2D eigenvalue weighted by Gasteiger charge is 2.33. The normalized spacial score (nSPS) is 12.6. The number of hydrogen-bond acceptors (Lipinski definition) is 4. The van der Waals surface area contributed by atoms with E-state index in [1.165, 1.54) is 5.56 Å². The van der Waals surface area contributed by atoms with Gasteiger partial charge >= 0.3 is 0 Å². The highest BCUT2D eigenvalue weighted by molar-refractivity contribution is 6.41. The quantitative estimate of drug-likeness (QED) is 0.299. The van der Waals surface area contributed by atoms with Crippen molar-refractivity contribution < 1.29 is 14.3 Å². The van der Waals surface area contributed by atoms with Gasteiger partial charge < -0.3 is 9.47 Å². The Hall–Kier alpha value is -4.18. The second-order valence-electron chi connectivity index (χ2n) is 8.17. The number of nitrogens with zero attached hydrogens (tertiary/aromatic N) is 1. The predicted octanol–water partition coefficient (Wildman–Crippen LogP) is 6.26. The number of ketones is 1. The second-order valence-corrected chi connectivity index (χ2v) is 8.17. The number of benzene rings is 3. The summed E-state index contributed by atoms with van der Waals surface area (Å²) < 4.78 is 11.7. The number of para-hydroxylation sites is 1. The molecule has 1 aliphatic carbocycles. The van der Waals surface area contributed by atoms with E-state index in [1.807, 2.05) is 60.7 Å². The van der Waals surface area contributed by atoms with Crippen molar-refractivity contribution in [2.45, 2.75) is 12.8 Å². The minimum Gasteiger partial charge on any atom is -0.496 e. The van der Waals surface area contributed by atoms with Crippen LogP contribution in [-0.2, 0) is 6.42 Å². The minimum absolute atomic E-state index is 0.0290. The third-order valence-electron chi connectivity index (χ3n) is 6.03. The molecular weight excluding hydrogens is 422 g/mol. The van der Waals surface area contributed by atoms with E-state index in [2.05, 4.69) is 29.2 Å². The predicted molar refractivity (Wildman–Crippen MR) is 134 cm³/mol. The Morgan fingerprint density at radius 3 is 2.41 bits per heavy atom. The van der Waals surface area contributed by atoms with Crippen LogP contribution in [0.1, 0.15) is 39.0 Å². The first kappa shape index (κ1) is 21.7. The van der Waals surface area contributed by atoms with E-state index >= 15 is 0 Å². The van der Waals surface area contributed by atoms with Gasteiger partial charge in [-0.1, -0.05) is 54.6 Å². The standard InChI is InChI=1S/C30H25NO3/c1-33-27-14-6-5-13-25(27)29-24-16-15-23(34-18-8-11-21-9-3-2-4-10-21)19-26(24)30(32)28(29)22-12-7-17-31-20-22/h2-7,9-10,12-17,19-20H,8,11,18H2,1H3. The van der Waals surface area contributed by atoms with E-state index in [1.54, 1.807) is 19.5 Å². The van der Waals surface area contributed by atoms with Crippen LogP contribution in [0.15, 0.2) is 97.3 Å². The molecule has 34 heavy (non-hydrogen) atoms. The fourth-order valence-electron chi connectivity index (χ4n) is 4.43. The van der Waals surface area contributed by atoms with Gasteiger partial charge in [-0.2, -0.15) is 0 Å². The lowest BCUT2D eigenvalue weighted by atomic mass is 9.94. The van der Waals surface area contributed by atoms with Crippen LogP contribution in [0.2, 0.25) is 0 Å². The molecule has 0 N–H and O–H groups in total. The maximum Gasteiger partial charge on any atom is 0.195 e. The molecule has 4 heteroatoms. The van der Waals surface area contributed by atoms with Crippen molar-refractivity contribution in [3.8, 4) is 11.5 Å². The number of aryl methyl sites for hydroxylation is 1. The number of aromatic nitrogens is 1. The summed E-state index contributed by atoms with van der Waals surface area (Å²) in [4.78, 5) is 17.9. The van der Waals surface area contributed by atoms with Crippen LogP contribution in [0, 0.1) is 0 Å². The molecule has 1 heterocycles. The van der Waals surface area contributed by atoms with Gasteiger partial charge in [-0.05, 0) is 54.3 Å². The molecule has 4 aromatic rings. The van der Waals surface area contributed by atoms with Crippen molar-refractivity contribution in [3.05, 3.63) is 125 Å². The molecule has 0 saturated heterocycles. The van der Waals surface area contributed by atoms with Crippen LogP contribution >= 0.6 is 0 Å². The van der Waals surface area contributed by atoms with Crippen LogP contribution in [0.25, 0.3) is 11.1 Å². The molecule has 0 spiro atoms. The van der Waals surface area contributed by atoms with Gasteiger partial charge in [0, 0.05) is 40.2 Å². The van der Waals surface area contributed by atoms with Crippen molar-refractivity contribution in [3.63, 3.8) is 0 Å². The number of carbonyl (C=O) groups excluding carboxylic acids is 1. The van der Waals surface area contributed by atoms with Gasteiger partial charge in [-0.3, -0.25) is 9.78 Å². The molecule has 0 amide bonds. The number of pyridine rings is 1. The summed E-state index contributed by atoms with van der Waals surface area (Å²) in [6.45, 7) is 0.587. The lowest BCUT2D eigenvalue weighted by Gasteiger charge is -2.13. The topological polar surface area (TPSA) is 48.4 Å². The first-order valence-electron chi connectivity index (χ1n) is 11.4. The maximum absolute atomic E-state index is 13.7. The maximum atomic E-state index is 13.7. The number of methoxy groups -OCH3 is 1. The Morgan fingerprint density at radius 2 is 1.62 bits per heavy atom. The monoisotopic (exact) mass is 447 g/mol. The molecule has 0 bridgehead atoms. The third-order valence-corrected chi connectivity index (χ3v) is 6.03. The Bertz CT molecular complexity index is 1340. The van der Waals surface area contributed by atoms with Crippen molar-refractivity contribution in [1.82, 2.24) is 4.98 Å². The van der Waals surface area contributed by atoms with E-state index in [9.17, 15) is 4.79 Å². The largest absolute Gasteiger partial charge is 0.496 e. The van der Waals surface area contributed by atoms with Crippen LogP contribution in [0.5, 0.6) is 11.5 Å². The molecule has 0 aliphatic heterocycles. The second kappa shape index (κ2) is 9.75. The number of ether oxygens (including phenoxy) is 2. The SMILES string of the molecule is COc1ccccc1C1=C(c2cccnc2)C(=O)c2cc(OCCCc3ccccc3)ccc21. The van der Waals surface area contributed by atoms with Crippen LogP contribution in [0.3, 0.4) is 0 Å². The zero-order chi connectivity index (χ0) is 23.3. The zero-order valence-corrected chi connectivity index (χ0v) is 19.0. The summed E-state index contributed by atoms with van der Waals surface area (Å²) in [5.41, 5.74) is 5.98. The van der Waals surface area contributed by atoms with Crippen LogP contribution in [0.4, 0.5) is 0 Å². The summed E-state index contributed by atoms with van der Waals surface area (Å²) in [6, 6.07) is 27.7. The molecule has 1 aromatic heterocycles. The molecule has 168 valence electrons. The van der Waals surface area contributed by atoms with Crippen molar-refractivity contribution in [2.24, 2.45) is 0 Å². The van der Waals surface area contributed by atoms with Gasteiger partial charge in [0.05, 0.1) is 13.7 Å². The number of rotatable bonds is 8. The van der Waals surface area contributed by atoms with Crippen LogP contribution in [-0.4, -0.2) is 24.5 Å².